The summed E-state index contributed by atoms with van der Waals surface area (Å²) in [6.45, 7) is 2.55. The van der Waals surface area contributed by atoms with Crippen molar-refractivity contribution in [1.82, 2.24) is 10.3 Å². The number of rotatable bonds is 4. The number of nitrogens with one attached hydrogen (secondary N) is 2. The first-order valence-electron chi connectivity index (χ1n) is 7.95. The first-order valence-corrected chi connectivity index (χ1v) is 7.95. The summed E-state index contributed by atoms with van der Waals surface area (Å²) in [5, 5.41) is 6.24. The Morgan fingerprint density at radius 1 is 1.30 bits per heavy atom. The maximum atomic E-state index is 11.1. The molecule has 3 rings (SSSR count). The van der Waals surface area contributed by atoms with Gasteiger partial charge < -0.3 is 15.4 Å². The summed E-state index contributed by atoms with van der Waals surface area (Å²) in [6, 6.07) is 11.6. The lowest BCUT2D eigenvalue weighted by atomic mass is 9.99. The van der Waals surface area contributed by atoms with Crippen LogP contribution in [0.15, 0.2) is 42.6 Å². The van der Waals surface area contributed by atoms with Gasteiger partial charge in [-0.3, -0.25) is 4.79 Å². The van der Waals surface area contributed by atoms with Crippen molar-refractivity contribution in [2.24, 2.45) is 0 Å². The molecule has 1 fully saturated rings. The van der Waals surface area contributed by atoms with Gasteiger partial charge in [0, 0.05) is 37.0 Å². The van der Waals surface area contributed by atoms with E-state index < -0.39 is 0 Å². The Hall–Kier alpha value is -2.40. The van der Waals surface area contributed by atoms with Crippen LogP contribution in [-0.4, -0.2) is 17.4 Å². The minimum absolute atomic E-state index is 0.107. The third kappa shape index (κ3) is 4.29. The van der Waals surface area contributed by atoms with Crippen LogP contribution in [0.2, 0.25) is 0 Å². The molecule has 2 aromatic rings. The number of carbonyl (C=O) groups excluding carboxylic acids is 1. The fraction of sp³-hybridized carbons (Fsp3) is 0.333. The first-order chi connectivity index (χ1) is 11.2. The SMILES string of the molecule is CC(=O)Nc1cccc(Oc2ccc([C@@H]3CCCCN3)cn2)c1. The van der Waals surface area contributed by atoms with Crippen molar-refractivity contribution < 1.29 is 9.53 Å². The predicted octanol–water partition coefficient (Wildman–Crippen LogP) is 3.65. The zero-order valence-electron chi connectivity index (χ0n) is 13.2. The van der Waals surface area contributed by atoms with E-state index in [2.05, 4.69) is 21.7 Å². The van der Waals surface area contributed by atoms with E-state index in [0.717, 1.165) is 13.0 Å². The summed E-state index contributed by atoms with van der Waals surface area (Å²) in [7, 11) is 0. The number of amides is 1. The molecule has 0 saturated carbocycles. The summed E-state index contributed by atoms with van der Waals surface area (Å²) in [6.07, 6.45) is 5.53. The molecule has 1 aliphatic heterocycles. The summed E-state index contributed by atoms with van der Waals surface area (Å²) in [5.41, 5.74) is 1.90. The van der Waals surface area contributed by atoms with Crippen LogP contribution in [-0.2, 0) is 4.79 Å². The number of carbonyl (C=O) groups is 1. The lowest BCUT2D eigenvalue weighted by Crippen LogP contribution is -2.26. The quantitative estimate of drug-likeness (QED) is 0.904. The van der Waals surface area contributed by atoms with Gasteiger partial charge >= 0.3 is 0 Å². The Labute approximate surface area is 136 Å². The second-order valence-corrected chi connectivity index (χ2v) is 5.74. The van der Waals surface area contributed by atoms with Crippen molar-refractivity contribution in [3.8, 4) is 11.6 Å². The largest absolute Gasteiger partial charge is 0.439 e. The van der Waals surface area contributed by atoms with Gasteiger partial charge in [0.15, 0.2) is 0 Å². The van der Waals surface area contributed by atoms with E-state index in [4.69, 9.17) is 4.74 Å². The number of hydrogen-bond donors (Lipinski definition) is 2. The highest BCUT2D eigenvalue weighted by Crippen LogP contribution is 2.26. The van der Waals surface area contributed by atoms with E-state index >= 15 is 0 Å². The van der Waals surface area contributed by atoms with Gasteiger partial charge in [0.2, 0.25) is 11.8 Å². The molecule has 0 radical (unpaired) electrons. The molecule has 5 nitrogen and oxygen atoms in total. The lowest BCUT2D eigenvalue weighted by molar-refractivity contribution is -0.114. The smallest absolute Gasteiger partial charge is 0.221 e. The first kappa shape index (κ1) is 15.5. The number of anilines is 1. The van der Waals surface area contributed by atoms with Gasteiger partial charge in [0.05, 0.1) is 0 Å². The summed E-state index contributed by atoms with van der Waals surface area (Å²) in [5.74, 6) is 1.08. The lowest BCUT2D eigenvalue weighted by Gasteiger charge is -2.23. The number of pyridine rings is 1. The van der Waals surface area contributed by atoms with Gasteiger partial charge in [-0.2, -0.15) is 0 Å². The highest BCUT2D eigenvalue weighted by Gasteiger charge is 2.14. The molecule has 1 saturated heterocycles. The van der Waals surface area contributed by atoms with Gasteiger partial charge in [-0.15, -0.1) is 0 Å². The Morgan fingerprint density at radius 2 is 2.22 bits per heavy atom. The molecule has 0 aliphatic carbocycles. The molecule has 0 unspecified atom stereocenters. The van der Waals surface area contributed by atoms with Crippen molar-refractivity contribution in [3.05, 3.63) is 48.2 Å². The zero-order valence-corrected chi connectivity index (χ0v) is 13.2. The van der Waals surface area contributed by atoms with Crippen LogP contribution >= 0.6 is 0 Å². The maximum absolute atomic E-state index is 11.1. The van der Waals surface area contributed by atoms with Crippen LogP contribution < -0.4 is 15.4 Å². The second-order valence-electron chi connectivity index (χ2n) is 5.74. The van der Waals surface area contributed by atoms with Crippen LogP contribution in [0.1, 0.15) is 37.8 Å². The Morgan fingerprint density at radius 3 is 2.91 bits per heavy atom. The molecule has 0 bridgehead atoms. The van der Waals surface area contributed by atoms with Gasteiger partial charge in [-0.25, -0.2) is 4.98 Å². The number of benzene rings is 1. The number of hydrogen-bond acceptors (Lipinski definition) is 4. The molecule has 1 amide bonds. The molecule has 120 valence electrons. The Balaban J connectivity index is 1.67. The van der Waals surface area contributed by atoms with Crippen LogP contribution in [0.3, 0.4) is 0 Å². The standard InChI is InChI=1S/C18H21N3O2/c1-13(22)21-15-5-4-6-16(11-15)23-18-9-8-14(12-20-18)17-7-2-3-10-19-17/h4-6,8-9,11-12,17,19H,2-3,7,10H2,1H3,(H,21,22)/t17-/m0/s1. The van der Waals surface area contributed by atoms with Crippen molar-refractivity contribution in [3.63, 3.8) is 0 Å². The molecule has 2 heterocycles. The van der Waals surface area contributed by atoms with E-state index in [-0.39, 0.29) is 5.91 Å². The van der Waals surface area contributed by atoms with Crippen LogP contribution in [0.4, 0.5) is 5.69 Å². The molecular weight excluding hydrogens is 290 g/mol. The summed E-state index contributed by atoms with van der Waals surface area (Å²) < 4.78 is 5.76. The molecule has 5 heteroatoms. The van der Waals surface area contributed by atoms with Gasteiger partial charge in [-0.1, -0.05) is 18.6 Å². The van der Waals surface area contributed by atoms with Crippen LogP contribution in [0, 0.1) is 0 Å². The van der Waals surface area contributed by atoms with Crippen molar-refractivity contribution in [2.75, 3.05) is 11.9 Å². The van der Waals surface area contributed by atoms with Gasteiger partial charge in [0.25, 0.3) is 0 Å². The average Bonchev–Trinajstić information content (AvgIpc) is 2.56. The van der Waals surface area contributed by atoms with Crippen molar-refractivity contribution >= 4 is 11.6 Å². The molecular formula is C18H21N3O2. The summed E-state index contributed by atoms with van der Waals surface area (Å²) in [4.78, 5) is 15.5. The molecule has 23 heavy (non-hydrogen) atoms. The second kappa shape index (κ2) is 7.24. The minimum Gasteiger partial charge on any atom is -0.439 e. The van der Waals surface area contributed by atoms with Gasteiger partial charge in [-0.05, 0) is 37.1 Å². The van der Waals surface area contributed by atoms with E-state index in [0.29, 0.717) is 23.4 Å². The molecule has 1 atom stereocenters. The normalized spacial score (nSPS) is 17.5. The molecule has 1 aliphatic rings. The number of ether oxygens (including phenoxy) is 1. The topological polar surface area (TPSA) is 63.2 Å². The minimum atomic E-state index is -0.107. The zero-order chi connectivity index (χ0) is 16.1. The fourth-order valence-electron chi connectivity index (χ4n) is 2.76. The Kier molecular flexibility index (Phi) is 4.88. The fourth-order valence-corrected chi connectivity index (χ4v) is 2.76. The highest BCUT2D eigenvalue weighted by molar-refractivity contribution is 5.88. The third-order valence-corrected chi connectivity index (χ3v) is 3.85. The van der Waals surface area contributed by atoms with Crippen molar-refractivity contribution in [1.29, 1.82) is 0 Å². The molecule has 0 spiro atoms. The monoisotopic (exact) mass is 311 g/mol. The molecule has 1 aromatic carbocycles. The van der Waals surface area contributed by atoms with E-state index in [9.17, 15) is 4.79 Å². The Bertz CT molecular complexity index is 664. The maximum Gasteiger partial charge on any atom is 0.221 e. The summed E-state index contributed by atoms with van der Waals surface area (Å²) >= 11 is 0. The van der Waals surface area contributed by atoms with Crippen LogP contribution in [0.5, 0.6) is 11.6 Å². The molecule has 2 N–H and O–H groups in total. The number of aromatic nitrogens is 1. The molecule has 1 aromatic heterocycles. The number of nitrogens with zero attached hydrogens (tertiary/aromatic N) is 1. The van der Waals surface area contributed by atoms with E-state index in [1.165, 1.54) is 25.3 Å². The van der Waals surface area contributed by atoms with Gasteiger partial charge in [0.1, 0.15) is 5.75 Å². The third-order valence-electron chi connectivity index (χ3n) is 3.85. The van der Waals surface area contributed by atoms with E-state index in [1.807, 2.05) is 30.5 Å². The predicted molar refractivity (Wildman–Crippen MR) is 89.7 cm³/mol. The van der Waals surface area contributed by atoms with E-state index in [1.54, 1.807) is 6.07 Å². The average molecular weight is 311 g/mol. The highest BCUT2D eigenvalue weighted by atomic mass is 16.5. The number of piperidine rings is 1. The van der Waals surface area contributed by atoms with Crippen molar-refractivity contribution in [2.45, 2.75) is 32.2 Å². The van der Waals surface area contributed by atoms with Crippen LogP contribution in [0.25, 0.3) is 0 Å².